The van der Waals surface area contributed by atoms with Crippen molar-refractivity contribution in [2.24, 2.45) is 10.4 Å². The van der Waals surface area contributed by atoms with Gasteiger partial charge >= 0.3 is 0 Å². The first kappa shape index (κ1) is 20.4. The Hall–Kier alpha value is 0.310. The molecule has 2 aliphatic rings. The van der Waals surface area contributed by atoms with Crippen molar-refractivity contribution in [2.45, 2.75) is 50.7 Å². The van der Waals surface area contributed by atoms with Gasteiger partial charge in [-0.15, -0.1) is 24.0 Å². The Labute approximate surface area is 157 Å². The van der Waals surface area contributed by atoms with Gasteiger partial charge in [0.25, 0.3) is 0 Å². The average Bonchev–Trinajstić information content (AvgIpc) is 3.13. The number of nitrogens with zero attached hydrogens (tertiary/aromatic N) is 1. The van der Waals surface area contributed by atoms with Crippen LogP contribution >= 0.6 is 35.7 Å². The van der Waals surface area contributed by atoms with Crippen LogP contribution in [0.4, 0.5) is 0 Å². The van der Waals surface area contributed by atoms with Crippen LogP contribution in [0.2, 0.25) is 0 Å². The lowest BCUT2D eigenvalue weighted by atomic mass is 10.0. The lowest BCUT2D eigenvalue weighted by Crippen LogP contribution is -2.44. The molecule has 2 fully saturated rings. The van der Waals surface area contributed by atoms with E-state index < -0.39 is 0 Å². The summed E-state index contributed by atoms with van der Waals surface area (Å²) in [6, 6.07) is 0. The Kier molecular flexibility index (Phi) is 8.85. The van der Waals surface area contributed by atoms with Crippen LogP contribution in [0.15, 0.2) is 4.99 Å². The maximum Gasteiger partial charge on any atom is 0.191 e. The number of nitrogens with one attached hydrogen (secondary N) is 2. The Bertz CT molecular complexity index is 355. The molecule has 0 aromatic heterocycles. The molecule has 4 nitrogen and oxygen atoms in total. The van der Waals surface area contributed by atoms with E-state index in [1.54, 1.807) is 7.11 Å². The predicted octanol–water partition coefficient (Wildman–Crippen LogP) is 3.26. The molecule has 22 heavy (non-hydrogen) atoms. The third-order valence-electron chi connectivity index (χ3n) is 4.64. The summed E-state index contributed by atoms with van der Waals surface area (Å²) in [5.41, 5.74) is 0.421. The van der Waals surface area contributed by atoms with Crippen LogP contribution in [-0.4, -0.2) is 49.8 Å². The molecule has 0 amide bonds. The molecule has 2 N–H and O–H groups in total. The third-order valence-corrected chi connectivity index (χ3v) is 6.18. The van der Waals surface area contributed by atoms with Crippen molar-refractivity contribution in [3.8, 4) is 0 Å². The van der Waals surface area contributed by atoms with E-state index >= 15 is 0 Å². The molecule has 1 aliphatic carbocycles. The summed E-state index contributed by atoms with van der Waals surface area (Å²) in [6.45, 7) is 8.20. The van der Waals surface area contributed by atoms with Gasteiger partial charge in [-0.2, -0.15) is 11.8 Å². The summed E-state index contributed by atoms with van der Waals surface area (Å²) < 4.78 is 5.60. The van der Waals surface area contributed by atoms with Gasteiger partial charge in [0.05, 0.1) is 0 Å². The van der Waals surface area contributed by atoms with E-state index in [1.807, 2.05) is 0 Å². The van der Waals surface area contributed by atoms with Crippen LogP contribution in [0.1, 0.15) is 46.0 Å². The molecule has 1 saturated heterocycles. The van der Waals surface area contributed by atoms with Crippen LogP contribution in [0, 0.1) is 5.41 Å². The van der Waals surface area contributed by atoms with E-state index in [-0.39, 0.29) is 24.0 Å². The molecule has 1 atom stereocenters. The molecule has 1 unspecified atom stereocenters. The van der Waals surface area contributed by atoms with Gasteiger partial charge in [0.2, 0.25) is 0 Å². The van der Waals surface area contributed by atoms with Gasteiger partial charge in [-0.05, 0) is 57.1 Å². The quantitative estimate of drug-likeness (QED) is 0.345. The van der Waals surface area contributed by atoms with Gasteiger partial charge in [0, 0.05) is 38.1 Å². The van der Waals surface area contributed by atoms with E-state index in [1.165, 1.54) is 31.4 Å². The maximum absolute atomic E-state index is 5.22. The number of hydrogen-bond acceptors (Lipinski definition) is 3. The number of thioether (sulfide) groups is 1. The SMILES string of the molecule is CCNC(=NCC1(CCOC)CC1)NCC1(C)CCCS1.I. The molecule has 130 valence electrons. The molecular weight excluding hydrogens is 409 g/mol. The predicted molar refractivity (Wildman–Crippen MR) is 108 cm³/mol. The maximum atomic E-state index is 5.22. The molecule has 6 heteroatoms. The summed E-state index contributed by atoms with van der Waals surface area (Å²) in [5, 5.41) is 6.92. The van der Waals surface area contributed by atoms with Gasteiger partial charge in [0.15, 0.2) is 5.96 Å². The fourth-order valence-electron chi connectivity index (χ4n) is 2.82. The zero-order chi connectivity index (χ0) is 15.2. The molecular formula is C16H32IN3OS. The second kappa shape index (κ2) is 9.57. The number of ether oxygens (including phenoxy) is 1. The van der Waals surface area contributed by atoms with Crippen molar-refractivity contribution in [2.75, 3.05) is 39.1 Å². The minimum Gasteiger partial charge on any atom is -0.385 e. The number of methoxy groups -OCH3 is 1. The molecule has 1 heterocycles. The van der Waals surface area contributed by atoms with Gasteiger partial charge < -0.3 is 15.4 Å². The number of hydrogen-bond donors (Lipinski definition) is 2. The first-order chi connectivity index (χ1) is 10.1. The average molecular weight is 441 g/mol. The number of aliphatic imine (C=N–C) groups is 1. The topological polar surface area (TPSA) is 45.7 Å². The van der Waals surface area contributed by atoms with Crippen molar-refractivity contribution in [3.05, 3.63) is 0 Å². The Morgan fingerprint density at radius 1 is 1.27 bits per heavy atom. The molecule has 0 bridgehead atoms. The fourth-order valence-corrected chi connectivity index (χ4v) is 4.06. The lowest BCUT2D eigenvalue weighted by Gasteiger charge is -2.24. The van der Waals surface area contributed by atoms with Gasteiger partial charge in [-0.1, -0.05) is 0 Å². The van der Waals surface area contributed by atoms with Gasteiger partial charge in [0.1, 0.15) is 0 Å². The second-order valence-electron chi connectivity index (χ2n) is 6.69. The second-order valence-corrected chi connectivity index (χ2v) is 8.38. The molecule has 0 spiro atoms. The summed E-state index contributed by atoms with van der Waals surface area (Å²) in [5.74, 6) is 2.28. The van der Waals surface area contributed by atoms with Crippen LogP contribution in [0.3, 0.4) is 0 Å². The van der Waals surface area contributed by atoms with E-state index in [4.69, 9.17) is 9.73 Å². The van der Waals surface area contributed by atoms with E-state index in [0.717, 1.165) is 38.6 Å². The largest absolute Gasteiger partial charge is 0.385 e. The Balaban J connectivity index is 0.00000242. The molecule has 1 saturated carbocycles. The summed E-state index contributed by atoms with van der Waals surface area (Å²) in [6.07, 6.45) is 6.39. The van der Waals surface area contributed by atoms with E-state index in [2.05, 4.69) is 36.2 Å². The number of rotatable bonds is 8. The minimum atomic E-state index is 0. The summed E-state index contributed by atoms with van der Waals surface area (Å²) >= 11 is 2.09. The minimum absolute atomic E-state index is 0. The van der Waals surface area contributed by atoms with E-state index in [0.29, 0.717) is 10.2 Å². The van der Waals surface area contributed by atoms with Crippen molar-refractivity contribution < 1.29 is 4.74 Å². The van der Waals surface area contributed by atoms with Crippen molar-refractivity contribution in [3.63, 3.8) is 0 Å². The van der Waals surface area contributed by atoms with E-state index in [9.17, 15) is 0 Å². The van der Waals surface area contributed by atoms with Crippen LogP contribution < -0.4 is 10.6 Å². The molecule has 1 aliphatic heterocycles. The van der Waals surface area contributed by atoms with Crippen LogP contribution in [0.5, 0.6) is 0 Å². The lowest BCUT2D eigenvalue weighted by molar-refractivity contribution is 0.174. The smallest absolute Gasteiger partial charge is 0.191 e. The molecule has 2 rings (SSSR count). The number of guanidine groups is 1. The third kappa shape index (κ3) is 6.43. The normalized spacial score (nSPS) is 26.4. The zero-order valence-corrected chi connectivity index (χ0v) is 17.4. The highest BCUT2D eigenvalue weighted by molar-refractivity contribution is 14.0. The van der Waals surface area contributed by atoms with Crippen molar-refractivity contribution >= 4 is 41.7 Å². The van der Waals surface area contributed by atoms with Crippen molar-refractivity contribution in [1.29, 1.82) is 0 Å². The first-order valence-electron chi connectivity index (χ1n) is 8.27. The zero-order valence-electron chi connectivity index (χ0n) is 14.2. The molecule has 0 aromatic rings. The summed E-state index contributed by atoms with van der Waals surface area (Å²) in [4.78, 5) is 4.82. The number of halogens is 1. The van der Waals surface area contributed by atoms with Crippen molar-refractivity contribution in [1.82, 2.24) is 10.6 Å². The molecule has 0 radical (unpaired) electrons. The van der Waals surface area contributed by atoms with Gasteiger partial charge in [-0.3, -0.25) is 4.99 Å². The standard InChI is InChI=1S/C16H31N3OS.HI/c1-4-17-14(18-12-15(2)6-5-11-21-15)19-13-16(7-8-16)9-10-20-3;/h4-13H2,1-3H3,(H2,17,18,19);1H. The highest BCUT2D eigenvalue weighted by atomic mass is 127. The molecule has 0 aromatic carbocycles. The first-order valence-corrected chi connectivity index (χ1v) is 9.25. The van der Waals surface area contributed by atoms with Crippen LogP contribution in [0.25, 0.3) is 0 Å². The van der Waals surface area contributed by atoms with Gasteiger partial charge in [-0.25, -0.2) is 0 Å². The van der Waals surface area contributed by atoms with Crippen LogP contribution in [-0.2, 0) is 4.74 Å². The summed E-state index contributed by atoms with van der Waals surface area (Å²) in [7, 11) is 1.78. The highest BCUT2D eigenvalue weighted by Crippen LogP contribution is 2.49. The fraction of sp³-hybridized carbons (Fsp3) is 0.938. The Morgan fingerprint density at radius 2 is 2.05 bits per heavy atom. The Morgan fingerprint density at radius 3 is 2.59 bits per heavy atom. The highest BCUT2D eigenvalue weighted by Gasteiger charge is 2.41. The monoisotopic (exact) mass is 441 g/mol.